The molecule has 1 N–H and O–H groups in total. The highest BCUT2D eigenvalue weighted by molar-refractivity contribution is 5.85. The molecule has 0 bridgehead atoms. The zero-order chi connectivity index (χ0) is 19.9. The molecule has 1 aliphatic heterocycles. The predicted octanol–water partition coefficient (Wildman–Crippen LogP) is 0.548. The van der Waals surface area contributed by atoms with Crippen molar-refractivity contribution in [2.45, 2.75) is 0 Å². The fraction of sp³-hybridized carbons (Fsp3) is 0.364. The number of carbonyl (C=O) groups excluding carboxylic acids is 2. The largest absolute Gasteiger partial charge is 0.483 e. The van der Waals surface area contributed by atoms with Crippen molar-refractivity contribution in [1.29, 1.82) is 0 Å². The van der Waals surface area contributed by atoms with E-state index >= 15 is 0 Å². The molecule has 0 radical (unpaired) electrons. The molecule has 1 heterocycles. The summed E-state index contributed by atoms with van der Waals surface area (Å²) in [5, 5.41) is 0. The fourth-order valence-corrected chi connectivity index (χ4v) is 3.23. The van der Waals surface area contributed by atoms with E-state index in [0.29, 0.717) is 5.75 Å². The van der Waals surface area contributed by atoms with Gasteiger partial charge in [0.15, 0.2) is 6.61 Å². The number of rotatable bonds is 6. The summed E-state index contributed by atoms with van der Waals surface area (Å²) in [5.41, 5.74) is 1.97. The van der Waals surface area contributed by atoms with Gasteiger partial charge in [0, 0.05) is 12.6 Å². The zero-order valence-corrected chi connectivity index (χ0v) is 16.6. The number of likely N-dealkylation sites (N-methyl/N-ethyl adjacent to an activating group) is 2. The van der Waals surface area contributed by atoms with Crippen LogP contribution in [0.3, 0.4) is 0 Å². The number of carbonyl (C=O) groups is 2. The van der Waals surface area contributed by atoms with Crippen LogP contribution in [0.1, 0.15) is 0 Å². The first kappa shape index (κ1) is 19.9. The lowest BCUT2D eigenvalue weighted by Crippen LogP contribution is -3.12. The molecule has 3 rings (SSSR count). The maximum Gasteiger partial charge on any atom is 0.260 e. The summed E-state index contributed by atoms with van der Waals surface area (Å²) in [6, 6.07) is 17.6. The van der Waals surface area contributed by atoms with Crippen molar-refractivity contribution in [3.05, 3.63) is 54.6 Å². The van der Waals surface area contributed by atoms with E-state index in [2.05, 4.69) is 7.05 Å². The number of piperazine rings is 1. The first-order valence-electron chi connectivity index (χ1n) is 9.65. The number of benzene rings is 2. The highest BCUT2D eigenvalue weighted by Crippen LogP contribution is 2.29. The normalized spacial score (nSPS) is 14.6. The van der Waals surface area contributed by atoms with E-state index in [-0.39, 0.29) is 25.0 Å². The van der Waals surface area contributed by atoms with Gasteiger partial charge in [0.2, 0.25) is 5.91 Å². The van der Waals surface area contributed by atoms with Crippen LogP contribution in [0.5, 0.6) is 5.75 Å². The van der Waals surface area contributed by atoms with Gasteiger partial charge in [-0.3, -0.25) is 9.59 Å². The predicted molar refractivity (Wildman–Crippen MR) is 108 cm³/mol. The average molecular weight is 382 g/mol. The third-order valence-electron chi connectivity index (χ3n) is 5.09. The second-order valence-corrected chi connectivity index (χ2v) is 7.24. The first-order chi connectivity index (χ1) is 13.5. The Hall–Kier alpha value is -2.86. The van der Waals surface area contributed by atoms with Crippen LogP contribution in [0.4, 0.5) is 0 Å². The Labute approximate surface area is 166 Å². The molecule has 148 valence electrons. The van der Waals surface area contributed by atoms with E-state index in [1.54, 1.807) is 7.05 Å². The molecule has 0 spiro atoms. The monoisotopic (exact) mass is 382 g/mol. The number of amides is 2. The lowest BCUT2D eigenvalue weighted by atomic mass is 10.1. The second-order valence-electron chi connectivity index (χ2n) is 7.24. The van der Waals surface area contributed by atoms with E-state index < -0.39 is 0 Å². The van der Waals surface area contributed by atoms with Crippen LogP contribution in [0.25, 0.3) is 11.1 Å². The standard InChI is InChI=1S/C22H27N3O3/c1-23-12-14-25(15-13-23)21(26)16-24(2)22(27)17-28-20-11-7-6-10-19(20)18-8-4-3-5-9-18/h3-11H,12-17H2,1-2H3/p+1. The van der Waals surface area contributed by atoms with Gasteiger partial charge >= 0.3 is 0 Å². The van der Waals surface area contributed by atoms with Gasteiger partial charge in [0.05, 0.1) is 39.8 Å². The van der Waals surface area contributed by atoms with Crippen molar-refractivity contribution in [1.82, 2.24) is 9.80 Å². The van der Waals surface area contributed by atoms with E-state index in [0.717, 1.165) is 37.3 Å². The molecule has 2 amide bonds. The number of quaternary nitrogens is 1. The number of hydrogen-bond donors (Lipinski definition) is 1. The first-order valence-corrected chi connectivity index (χ1v) is 9.65. The number of hydrogen-bond acceptors (Lipinski definition) is 3. The minimum atomic E-state index is -0.212. The van der Waals surface area contributed by atoms with Crippen LogP contribution in [-0.4, -0.2) is 75.0 Å². The summed E-state index contributed by atoms with van der Waals surface area (Å²) < 4.78 is 5.80. The van der Waals surface area contributed by atoms with Crippen LogP contribution < -0.4 is 9.64 Å². The molecule has 0 unspecified atom stereocenters. The van der Waals surface area contributed by atoms with Crippen LogP contribution in [0.15, 0.2) is 54.6 Å². The van der Waals surface area contributed by atoms with E-state index in [1.165, 1.54) is 9.80 Å². The van der Waals surface area contributed by atoms with Crippen molar-refractivity contribution in [3.63, 3.8) is 0 Å². The minimum absolute atomic E-state index is 0.00645. The summed E-state index contributed by atoms with van der Waals surface area (Å²) in [6.07, 6.45) is 0. The van der Waals surface area contributed by atoms with Crippen molar-refractivity contribution in [2.24, 2.45) is 0 Å². The van der Waals surface area contributed by atoms with Gasteiger partial charge < -0.3 is 19.4 Å². The SMILES string of the molecule is CN(CC(=O)N1CC[NH+](C)CC1)C(=O)COc1ccccc1-c1ccccc1. The van der Waals surface area contributed by atoms with Crippen LogP contribution in [-0.2, 0) is 9.59 Å². The quantitative estimate of drug-likeness (QED) is 0.794. The van der Waals surface area contributed by atoms with Crippen molar-refractivity contribution < 1.29 is 19.2 Å². The molecule has 0 aromatic heterocycles. The lowest BCUT2D eigenvalue weighted by molar-refractivity contribution is -0.883. The number of nitrogens with zero attached hydrogens (tertiary/aromatic N) is 2. The number of para-hydroxylation sites is 1. The molecule has 1 saturated heterocycles. The molecular formula is C22H28N3O3+. The van der Waals surface area contributed by atoms with E-state index in [4.69, 9.17) is 4.74 Å². The Kier molecular flexibility index (Phi) is 6.66. The van der Waals surface area contributed by atoms with Crippen LogP contribution in [0, 0.1) is 0 Å². The fourth-order valence-electron chi connectivity index (χ4n) is 3.23. The second kappa shape index (κ2) is 9.37. The highest BCUT2D eigenvalue weighted by atomic mass is 16.5. The molecule has 28 heavy (non-hydrogen) atoms. The molecule has 2 aromatic rings. The Bertz CT molecular complexity index is 802. The molecule has 0 aliphatic carbocycles. The average Bonchev–Trinajstić information content (AvgIpc) is 2.73. The number of ether oxygens (including phenoxy) is 1. The van der Waals surface area contributed by atoms with Crippen molar-refractivity contribution in [3.8, 4) is 16.9 Å². The Morgan fingerprint density at radius 1 is 1.04 bits per heavy atom. The molecule has 0 saturated carbocycles. The summed E-state index contributed by atoms with van der Waals surface area (Å²) in [4.78, 5) is 29.6. The van der Waals surface area contributed by atoms with Crippen molar-refractivity contribution >= 4 is 11.8 Å². The molecule has 1 aliphatic rings. The molecule has 1 fully saturated rings. The minimum Gasteiger partial charge on any atom is -0.483 e. The summed E-state index contributed by atoms with van der Waals surface area (Å²) in [5.74, 6) is 0.438. The van der Waals surface area contributed by atoms with Gasteiger partial charge in [-0.25, -0.2) is 0 Å². The van der Waals surface area contributed by atoms with Gasteiger partial charge in [0.1, 0.15) is 5.75 Å². The Morgan fingerprint density at radius 2 is 1.68 bits per heavy atom. The summed E-state index contributed by atoms with van der Waals surface area (Å²) in [7, 11) is 3.77. The van der Waals surface area contributed by atoms with Crippen LogP contribution >= 0.6 is 0 Å². The van der Waals surface area contributed by atoms with Gasteiger partial charge in [-0.05, 0) is 11.6 Å². The molecule has 6 heteroatoms. The van der Waals surface area contributed by atoms with Crippen molar-refractivity contribution in [2.75, 3.05) is 53.4 Å². The number of nitrogens with one attached hydrogen (secondary N) is 1. The topological polar surface area (TPSA) is 54.3 Å². The third-order valence-corrected chi connectivity index (χ3v) is 5.09. The smallest absolute Gasteiger partial charge is 0.260 e. The third kappa shape index (κ3) is 5.10. The maximum atomic E-state index is 12.5. The van der Waals surface area contributed by atoms with Crippen LogP contribution in [0.2, 0.25) is 0 Å². The Balaban J connectivity index is 1.55. The van der Waals surface area contributed by atoms with E-state index in [1.807, 2.05) is 59.5 Å². The molecular weight excluding hydrogens is 354 g/mol. The Morgan fingerprint density at radius 3 is 2.39 bits per heavy atom. The molecule has 0 atom stereocenters. The molecule has 6 nitrogen and oxygen atoms in total. The van der Waals surface area contributed by atoms with Gasteiger partial charge in [-0.2, -0.15) is 0 Å². The summed E-state index contributed by atoms with van der Waals surface area (Å²) in [6.45, 7) is 3.37. The van der Waals surface area contributed by atoms with E-state index in [9.17, 15) is 9.59 Å². The van der Waals surface area contributed by atoms with Gasteiger partial charge in [0.25, 0.3) is 5.91 Å². The summed E-state index contributed by atoms with van der Waals surface area (Å²) >= 11 is 0. The highest BCUT2D eigenvalue weighted by Gasteiger charge is 2.23. The van der Waals surface area contributed by atoms with Gasteiger partial charge in [-0.15, -0.1) is 0 Å². The lowest BCUT2D eigenvalue weighted by Gasteiger charge is -2.31. The zero-order valence-electron chi connectivity index (χ0n) is 16.6. The maximum absolute atomic E-state index is 12.5. The molecule has 2 aromatic carbocycles. The van der Waals surface area contributed by atoms with Gasteiger partial charge in [-0.1, -0.05) is 48.5 Å².